The minimum atomic E-state index is -3.78. The molecule has 0 atom stereocenters. The number of carbonyl (C=O) groups is 1. The number of anilines is 2. The van der Waals surface area contributed by atoms with E-state index < -0.39 is 15.9 Å². The van der Waals surface area contributed by atoms with E-state index in [9.17, 15) is 13.2 Å². The van der Waals surface area contributed by atoms with Gasteiger partial charge in [-0.15, -0.1) is 11.3 Å². The molecule has 0 fully saturated rings. The topological polar surface area (TPSA) is 75.3 Å². The molecule has 5 nitrogen and oxygen atoms in total. The molecule has 0 bridgehead atoms. The highest BCUT2D eigenvalue weighted by atomic mass is 127. The number of sulfonamides is 1. The molecule has 134 valence electrons. The highest BCUT2D eigenvalue weighted by Gasteiger charge is 2.20. The van der Waals surface area contributed by atoms with Gasteiger partial charge in [0.25, 0.3) is 15.9 Å². The predicted octanol–water partition coefficient (Wildman–Crippen LogP) is 5.06. The first-order valence-electron chi connectivity index (χ1n) is 7.28. The molecular weight excluding hydrogens is 507 g/mol. The van der Waals surface area contributed by atoms with Crippen molar-refractivity contribution in [1.82, 2.24) is 0 Å². The van der Waals surface area contributed by atoms with Crippen LogP contribution >= 0.6 is 45.5 Å². The summed E-state index contributed by atoms with van der Waals surface area (Å²) >= 11 is 9.15. The highest BCUT2D eigenvalue weighted by molar-refractivity contribution is 14.1. The summed E-state index contributed by atoms with van der Waals surface area (Å²) in [5.41, 5.74) is 0.760. The van der Waals surface area contributed by atoms with Gasteiger partial charge in [0.2, 0.25) is 0 Å². The summed E-state index contributed by atoms with van der Waals surface area (Å²) in [5, 5.41) is 4.86. The number of amides is 1. The zero-order valence-corrected chi connectivity index (χ0v) is 17.6. The van der Waals surface area contributed by atoms with Crippen LogP contribution in [0.2, 0.25) is 5.02 Å². The Morgan fingerprint density at radius 1 is 1.08 bits per heavy atom. The van der Waals surface area contributed by atoms with Gasteiger partial charge in [0.1, 0.15) is 4.88 Å². The van der Waals surface area contributed by atoms with Gasteiger partial charge >= 0.3 is 0 Å². The SMILES string of the molecule is O=C(Nc1cccc(Cl)c1)c1sccc1NS(=O)(=O)c1ccc(I)cc1. The number of hydrogen-bond acceptors (Lipinski definition) is 4. The molecule has 0 aliphatic carbocycles. The minimum Gasteiger partial charge on any atom is -0.321 e. The lowest BCUT2D eigenvalue weighted by atomic mass is 10.3. The summed E-state index contributed by atoms with van der Waals surface area (Å²) in [6, 6.07) is 14.7. The molecule has 0 saturated carbocycles. The molecule has 0 saturated heterocycles. The second-order valence-electron chi connectivity index (χ2n) is 5.19. The predicted molar refractivity (Wildman–Crippen MR) is 114 cm³/mol. The monoisotopic (exact) mass is 518 g/mol. The number of carbonyl (C=O) groups excluding carboxylic acids is 1. The summed E-state index contributed by atoms with van der Waals surface area (Å²) in [7, 11) is -3.78. The number of benzene rings is 2. The fraction of sp³-hybridized carbons (Fsp3) is 0. The molecule has 3 aromatic rings. The Morgan fingerprint density at radius 3 is 2.50 bits per heavy atom. The molecule has 0 aliphatic heterocycles. The molecule has 0 unspecified atom stereocenters. The summed E-state index contributed by atoms with van der Waals surface area (Å²) in [6.07, 6.45) is 0. The molecular formula is C17H12ClIN2O3S2. The maximum absolute atomic E-state index is 12.5. The Kier molecular flexibility index (Phi) is 5.86. The molecule has 26 heavy (non-hydrogen) atoms. The van der Waals surface area contributed by atoms with Crippen LogP contribution in [-0.2, 0) is 10.0 Å². The van der Waals surface area contributed by atoms with E-state index in [4.69, 9.17) is 11.6 Å². The summed E-state index contributed by atoms with van der Waals surface area (Å²) in [6.45, 7) is 0. The van der Waals surface area contributed by atoms with E-state index >= 15 is 0 Å². The zero-order valence-electron chi connectivity index (χ0n) is 13.1. The van der Waals surface area contributed by atoms with Gasteiger partial charge in [-0.2, -0.15) is 0 Å². The van der Waals surface area contributed by atoms with Crippen molar-refractivity contribution in [1.29, 1.82) is 0 Å². The average molecular weight is 519 g/mol. The normalized spacial score (nSPS) is 11.2. The second-order valence-corrected chi connectivity index (χ2v) is 9.47. The quantitative estimate of drug-likeness (QED) is 0.464. The molecule has 2 aromatic carbocycles. The third kappa shape index (κ3) is 4.56. The number of thiophene rings is 1. The Hall–Kier alpha value is -1.62. The summed E-state index contributed by atoms with van der Waals surface area (Å²) in [5.74, 6) is -0.414. The smallest absolute Gasteiger partial charge is 0.267 e. The molecule has 3 rings (SSSR count). The van der Waals surface area contributed by atoms with Crippen LogP contribution in [0.3, 0.4) is 0 Å². The molecule has 1 heterocycles. The molecule has 2 N–H and O–H groups in total. The Labute approximate surface area is 173 Å². The largest absolute Gasteiger partial charge is 0.321 e. The molecule has 0 aliphatic rings. The fourth-order valence-electron chi connectivity index (χ4n) is 2.14. The van der Waals surface area contributed by atoms with Crippen molar-refractivity contribution < 1.29 is 13.2 Å². The fourth-order valence-corrected chi connectivity index (χ4v) is 4.57. The lowest BCUT2D eigenvalue weighted by molar-refractivity contribution is 0.103. The van der Waals surface area contributed by atoms with Crippen LogP contribution in [0.5, 0.6) is 0 Å². The van der Waals surface area contributed by atoms with Gasteiger partial charge in [-0.05, 0) is 76.5 Å². The van der Waals surface area contributed by atoms with Gasteiger partial charge < -0.3 is 5.32 Å². The Balaban J connectivity index is 1.82. The van der Waals surface area contributed by atoms with E-state index in [-0.39, 0.29) is 15.5 Å². The average Bonchev–Trinajstić information content (AvgIpc) is 3.03. The Bertz CT molecular complexity index is 1050. The highest BCUT2D eigenvalue weighted by Crippen LogP contribution is 2.27. The van der Waals surface area contributed by atoms with Crippen molar-refractivity contribution >= 4 is 72.8 Å². The van der Waals surface area contributed by atoms with E-state index in [1.807, 2.05) is 0 Å². The third-order valence-electron chi connectivity index (χ3n) is 3.32. The van der Waals surface area contributed by atoms with Crippen molar-refractivity contribution in [3.05, 3.63) is 73.4 Å². The van der Waals surface area contributed by atoms with E-state index in [1.54, 1.807) is 47.8 Å². The van der Waals surface area contributed by atoms with E-state index in [0.717, 1.165) is 14.9 Å². The number of rotatable bonds is 5. The number of hydrogen-bond donors (Lipinski definition) is 2. The Morgan fingerprint density at radius 2 is 1.81 bits per heavy atom. The summed E-state index contributed by atoms with van der Waals surface area (Å²) in [4.78, 5) is 12.9. The van der Waals surface area contributed by atoms with E-state index in [0.29, 0.717) is 10.7 Å². The summed E-state index contributed by atoms with van der Waals surface area (Å²) < 4.78 is 28.5. The van der Waals surface area contributed by atoms with Crippen LogP contribution < -0.4 is 10.0 Å². The maximum atomic E-state index is 12.5. The van der Waals surface area contributed by atoms with Gasteiger partial charge in [-0.25, -0.2) is 8.42 Å². The lowest BCUT2D eigenvalue weighted by Gasteiger charge is -2.10. The van der Waals surface area contributed by atoms with Crippen LogP contribution in [0, 0.1) is 3.57 Å². The van der Waals surface area contributed by atoms with Crippen LogP contribution in [0.25, 0.3) is 0 Å². The zero-order chi connectivity index (χ0) is 18.7. The van der Waals surface area contributed by atoms with Crippen molar-refractivity contribution in [3.63, 3.8) is 0 Å². The molecule has 1 aromatic heterocycles. The maximum Gasteiger partial charge on any atom is 0.267 e. The van der Waals surface area contributed by atoms with Crippen molar-refractivity contribution in [3.8, 4) is 0 Å². The van der Waals surface area contributed by atoms with Crippen molar-refractivity contribution in [2.45, 2.75) is 4.90 Å². The lowest BCUT2D eigenvalue weighted by Crippen LogP contribution is -2.17. The van der Waals surface area contributed by atoms with Crippen LogP contribution in [0.1, 0.15) is 9.67 Å². The molecule has 0 radical (unpaired) electrons. The van der Waals surface area contributed by atoms with Crippen molar-refractivity contribution in [2.24, 2.45) is 0 Å². The van der Waals surface area contributed by atoms with Gasteiger partial charge in [0, 0.05) is 14.3 Å². The van der Waals surface area contributed by atoms with Gasteiger partial charge in [0.05, 0.1) is 10.6 Å². The van der Waals surface area contributed by atoms with E-state index in [2.05, 4.69) is 32.6 Å². The minimum absolute atomic E-state index is 0.130. The number of halogens is 2. The molecule has 9 heteroatoms. The van der Waals surface area contributed by atoms with Crippen LogP contribution in [-0.4, -0.2) is 14.3 Å². The third-order valence-corrected chi connectivity index (χ3v) is 6.57. The van der Waals surface area contributed by atoms with Crippen LogP contribution in [0.4, 0.5) is 11.4 Å². The second kappa shape index (κ2) is 7.95. The first kappa shape index (κ1) is 19.2. The number of nitrogens with one attached hydrogen (secondary N) is 2. The first-order chi connectivity index (χ1) is 12.3. The van der Waals surface area contributed by atoms with Gasteiger partial charge in [-0.1, -0.05) is 17.7 Å². The molecule has 1 amide bonds. The van der Waals surface area contributed by atoms with Crippen molar-refractivity contribution in [2.75, 3.05) is 10.0 Å². The van der Waals surface area contributed by atoms with Gasteiger partial charge in [-0.3, -0.25) is 9.52 Å². The van der Waals surface area contributed by atoms with Crippen LogP contribution in [0.15, 0.2) is 64.9 Å². The molecule has 0 spiro atoms. The van der Waals surface area contributed by atoms with E-state index in [1.165, 1.54) is 12.1 Å². The van der Waals surface area contributed by atoms with Gasteiger partial charge in [0.15, 0.2) is 0 Å². The standard InChI is InChI=1S/C17H12ClIN2O3S2/c18-11-2-1-3-13(10-11)20-17(22)16-15(8-9-25-16)21-26(23,24)14-6-4-12(19)5-7-14/h1-10,21H,(H,20,22). The first-order valence-corrected chi connectivity index (χ1v) is 11.1.